The molecule has 0 aliphatic carbocycles. The molecule has 0 atom stereocenters. The second-order valence-electron chi connectivity index (χ2n) is 14.3. The van der Waals surface area contributed by atoms with Crippen LogP contribution < -0.4 is 18.9 Å². The van der Waals surface area contributed by atoms with Crippen LogP contribution in [0.25, 0.3) is 43.1 Å². The molecule has 0 fully saturated rings. The van der Waals surface area contributed by atoms with Crippen LogP contribution in [-0.2, 0) is 5.41 Å². The molecule has 0 amide bonds. The van der Waals surface area contributed by atoms with Gasteiger partial charge in [-0.1, -0.05) is 109 Å². The molecule has 50 heavy (non-hydrogen) atoms. The maximum Gasteiger partial charge on any atom is 0.135 e. The Morgan fingerprint density at radius 1 is 0.400 bits per heavy atom. The van der Waals surface area contributed by atoms with E-state index in [1.807, 2.05) is 0 Å². The van der Waals surface area contributed by atoms with Gasteiger partial charge in [0.15, 0.2) is 0 Å². The Morgan fingerprint density at radius 2 is 0.700 bits per heavy atom. The van der Waals surface area contributed by atoms with E-state index in [2.05, 4.69) is 141 Å². The predicted molar refractivity (Wildman–Crippen MR) is 214 cm³/mol. The zero-order valence-corrected chi connectivity index (χ0v) is 31.8. The number of hydrogen-bond acceptors (Lipinski definition) is 4. The van der Waals surface area contributed by atoms with Crippen molar-refractivity contribution in [3.8, 4) is 23.0 Å². The number of benzene rings is 6. The predicted octanol–water partition coefficient (Wildman–Crippen LogP) is 13.1. The Morgan fingerprint density at radius 3 is 1.02 bits per heavy atom. The minimum absolute atomic E-state index is 0.0896. The highest BCUT2D eigenvalue weighted by molar-refractivity contribution is 6.12. The van der Waals surface area contributed by atoms with E-state index in [9.17, 15) is 0 Å². The number of ether oxygens (including phenoxy) is 4. The highest BCUT2D eigenvalue weighted by Gasteiger charge is 2.20. The summed E-state index contributed by atoms with van der Waals surface area (Å²) in [5, 5.41) is 9.11. The number of aryl methyl sites for hydroxylation is 2. The van der Waals surface area contributed by atoms with E-state index < -0.39 is 0 Å². The maximum atomic E-state index is 6.25. The smallest absolute Gasteiger partial charge is 0.135 e. The molecule has 4 heteroatoms. The number of fused-ring (bicyclic) bond motifs is 4. The van der Waals surface area contributed by atoms with Gasteiger partial charge in [0.1, 0.15) is 23.0 Å². The van der Waals surface area contributed by atoms with E-state index >= 15 is 0 Å². The second-order valence-corrected chi connectivity index (χ2v) is 14.3. The first-order valence-electron chi connectivity index (χ1n) is 18.6. The molecule has 264 valence electrons. The maximum absolute atomic E-state index is 6.25. The molecule has 0 aromatic heterocycles. The average Bonchev–Trinajstić information content (AvgIpc) is 3.11. The molecule has 0 heterocycles. The zero-order valence-electron chi connectivity index (χ0n) is 31.8. The third kappa shape index (κ3) is 7.80. The SMILES string of the molecule is CCCOc1c2ccccc2c(OCCC)c2cc(C(C)(C)C)ccc12.CCCOc1c2ccccc2c(OCCC)c2cc(C)c(C)cc12. The van der Waals surface area contributed by atoms with Crippen molar-refractivity contribution < 1.29 is 18.9 Å². The van der Waals surface area contributed by atoms with E-state index in [1.165, 1.54) is 16.7 Å². The van der Waals surface area contributed by atoms with Gasteiger partial charge in [0.05, 0.1) is 26.4 Å². The van der Waals surface area contributed by atoms with Gasteiger partial charge in [0.2, 0.25) is 0 Å². The highest BCUT2D eigenvalue weighted by Crippen LogP contribution is 2.45. The monoisotopic (exact) mass is 672 g/mol. The van der Waals surface area contributed by atoms with Gasteiger partial charge in [-0.25, -0.2) is 0 Å². The zero-order chi connectivity index (χ0) is 35.8. The van der Waals surface area contributed by atoms with Crippen molar-refractivity contribution in [2.24, 2.45) is 0 Å². The third-order valence-electron chi connectivity index (χ3n) is 9.13. The van der Waals surface area contributed by atoms with E-state index in [-0.39, 0.29) is 5.41 Å². The minimum Gasteiger partial charge on any atom is -0.492 e. The van der Waals surface area contributed by atoms with Gasteiger partial charge >= 0.3 is 0 Å². The van der Waals surface area contributed by atoms with Crippen molar-refractivity contribution in [3.63, 3.8) is 0 Å². The van der Waals surface area contributed by atoms with Crippen LogP contribution in [0.2, 0.25) is 0 Å². The van der Waals surface area contributed by atoms with Crippen LogP contribution in [0.1, 0.15) is 90.8 Å². The van der Waals surface area contributed by atoms with Gasteiger partial charge in [-0.3, -0.25) is 0 Å². The first-order valence-corrected chi connectivity index (χ1v) is 18.6. The third-order valence-corrected chi connectivity index (χ3v) is 9.13. The second kappa shape index (κ2) is 16.5. The number of hydrogen-bond donors (Lipinski definition) is 0. The van der Waals surface area contributed by atoms with Gasteiger partial charge in [0.25, 0.3) is 0 Å². The summed E-state index contributed by atoms with van der Waals surface area (Å²) in [6.07, 6.45) is 3.97. The van der Waals surface area contributed by atoms with Gasteiger partial charge in [-0.05, 0) is 79.8 Å². The van der Waals surface area contributed by atoms with Crippen LogP contribution in [0.5, 0.6) is 23.0 Å². The molecule has 0 saturated heterocycles. The first-order chi connectivity index (χ1) is 24.1. The lowest BCUT2D eigenvalue weighted by molar-refractivity contribution is 0.319. The molecule has 4 nitrogen and oxygen atoms in total. The summed E-state index contributed by atoms with van der Waals surface area (Å²) in [5.41, 5.74) is 3.95. The largest absolute Gasteiger partial charge is 0.492 e. The average molecular weight is 673 g/mol. The molecule has 0 spiro atoms. The van der Waals surface area contributed by atoms with Crippen molar-refractivity contribution in [3.05, 3.63) is 95.6 Å². The van der Waals surface area contributed by atoms with Crippen molar-refractivity contribution in [2.45, 2.75) is 93.4 Å². The van der Waals surface area contributed by atoms with Gasteiger partial charge < -0.3 is 18.9 Å². The summed E-state index contributed by atoms with van der Waals surface area (Å²) in [4.78, 5) is 0. The molecule has 0 unspecified atom stereocenters. The molecule has 0 bridgehead atoms. The summed E-state index contributed by atoms with van der Waals surface area (Å²) in [7, 11) is 0. The molecular weight excluding hydrogens is 617 g/mol. The summed E-state index contributed by atoms with van der Waals surface area (Å²) in [5.74, 6) is 3.91. The van der Waals surface area contributed by atoms with Crippen LogP contribution in [-0.4, -0.2) is 26.4 Å². The Labute approximate surface area is 299 Å². The fraction of sp³-hybridized carbons (Fsp3) is 0.391. The fourth-order valence-corrected chi connectivity index (χ4v) is 6.37. The van der Waals surface area contributed by atoms with Crippen LogP contribution in [0.3, 0.4) is 0 Å². The summed E-state index contributed by atoms with van der Waals surface area (Å²) < 4.78 is 24.8. The van der Waals surface area contributed by atoms with Crippen molar-refractivity contribution in [2.75, 3.05) is 26.4 Å². The highest BCUT2D eigenvalue weighted by atomic mass is 16.5. The molecule has 0 saturated carbocycles. The number of rotatable bonds is 12. The topological polar surface area (TPSA) is 36.9 Å². The van der Waals surface area contributed by atoms with Gasteiger partial charge in [-0.2, -0.15) is 0 Å². The summed E-state index contributed by atoms with van der Waals surface area (Å²) in [6, 6.07) is 28.0. The lowest BCUT2D eigenvalue weighted by Crippen LogP contribution is -2.11. The normalized spacial score (nSPS) is 11.5. The van der Waals surface area contributed by atoms with E-state index in [0.29, 0.717) is 6.61 Å². The van der Waals surface area contributed by atoms with Crippen LogP contribution in [0.15, 0.2) is 78.9 Å². The van der Waals surface area contributed by atoms with E-state index in [4.69, 9.17) is 18.9 Å². The lowest BCUT2D eigenvalue weighted by Gasteiger charge is -2.22. The Hall–Kier alpha value is -4.44. The summed E-state index contributed by atoms with van der Waals surface area (Å²) >= 11 is 0. The van der Waals surface area contributed by atoms with E-state index in [1.54, 1.807) is 0 Å². The molecule has 6 aromatic rings. The van der Waals surface area contributed by atoms with Gasteiger partial charge in [0, 0.05) is 43.1 Å². The van der Waals surface area contributed by atoms with E-state index in [0.717, 1.165) is 112 Å². The molecule has 0 N–H and O–H groups in total. The lowest BCUT2D eigenvalue weighted by atomic mass is 9.85. The van der Waals surface area contributed by atoms with Crippen molar-refractivity contribution in [1.29, 1.82) is 0 Å². The summed E-state index contributed by atoms with van der Waals surface area (Å²) in [6.45, 7) is 22.5. The molecular formula is C46H56O4. The molecule has 6 aromatic carbocycles. The Balaban J connectivity index is 0.000000195. The van der Waals surface area contributed by atoms with Crippen LogP contribution in [0, 0.1) is 13.8 Å². The molecule has 6 rings (SSSR count). The Bertz CT molecular complexity index is 2000. The minimum atomic E-state index is 0.0896. The standard InChI is InChI=1S/C24H30O2.C22H26O2/c1-6-14-25-22-18-10-8-9-11-19(18)23(26-15-7-2)21-16-17(24(3,4)5)12-13-20(21)22;1-5-11-23-21-17-9-7-8-10-18(17)22(24-12-6-2)20-14-16(4)15(3)13-19(20)21/h8-13,16H,6-7,14-15H2,1-5H3;7-10,13-14H,5-6,11-12H2,1-4H3. The quantitative estimate of drug-likeness (QED) is 0.121. The first kappa shape index (κ1) is 36.8. The van der Waals surface area contributed by atoms with Gasteiger partial charge in [-0.15, -0.1) is 0 Å². The van der Waals surface area contributed by atoms with Crippen LogP contribution in [0.4, 0.5) is 0 Å². The molecule has 0 aliphatic heterocycles. The van der Waals surface area contributed by atoms with Crippen molar-refractivity contribution >= 4 is 43.1 Å². The van der Waals surface area contributed by atoms with Crippen molar-refractivity contribution in [1.82, 2.24) is 0 Å². The van der Waals surface area contributed by atoms with Crippen LogP contribution >= 0.6 is 0 Å². The molecule has 0 aliphatic rings. The Kier molecular flexibility index (Phi) is 12.2. The fourth-order valence-electron chi connectivity index (χ4n) is 6.37. The molecule has 0 radical (unpaired) electrons.